The van der Waals surface area contributed by atoms with Gasteiger partial charge in [0.2, 0.25) is 0 Å². The lowest BCUT2D eigenvalue weighted by molar-refractivity contribution is -0.175. The van der Waals surface area contributed by atoms with E-state index >= 15 is 0 Å². The number of halogens is 3. The molecule has 1 aromatic rings. The lowest BCUT2D eigenvalue weighted by Crippen LogP contribution is -2.33. The number of phenolic OH excluding ortho intramolecular Hbond substituents is 1. The second-order valence-electron chi connectivity index (χ2n) is 2.89. The maximum atomic E-state index is 13.1. The van der Waals surface area contributed by atoms with Crippen molar-refractivity contribution in [1.29, 1.82) is 0 Å². The second-order valence-corrected chi connectivity index (χ2v) is 2.89. The van der Waals surface area contributed by atoms with Crippen molar-refractivity contribution in [3.8, 4) is 5.75 Å². The van der Waals surface area contributed by atoms with Gasteiger partial charge in [0.1, 0.15) is 5.75 Å². The maximum Gasteiger partial charge on any atom is 0.378 e. The van der Waals surface area contributed by atoms with Crippen LogP contribution in [0.4, 0.5) is 13.2 Å². The molecule has 0 radical (unpaired) electrons. The summed E-state index contributed by atoms with van der Waals surface area (Å²) in [6.07, 6.45) is -2.98. The summed E-state index contributed by atoms with van der Waals surface area (Å²) < 4.78 is 38.5. The first kappa shape index (κ1) is 11.4. The Morgan fingerprint density at radius 1 is 1.40 bits per heavy atom. The molecule has 1 aromatic carbocycles. The minimum Gasteiger partial charge on any atom is -0.508 e. The Balaban J connectivity index is 3.04. The van der Waals surface area contributed by atoms with Crippen LogP contribution in [0, 0.1) is 0 Å². The van der Waals surface area contributed by atoms with Crippen LogP contribution >= 0.6 is 0 Å². The first-order valence-corrected chi connectivity index (χ1v) is 3.90. The SMILES string of the molecule is O=C(O)C(F)(F)C(F)c1cccc(O)c1. The standard InChI is InChI=1S/C9H7F3O3/c10-7(9(11,12)8(14)15)5-2-1-3-6(13)4-5/h1-4,7,13H,(H,14,15). The van der Waals surface area contributed by atoms with Crippen molar-refractivity contribution in [2.45, 2.75) is 12.1 Å². The van der Waals surface area contributed by atoms with Gasteiger partial charge in [-0.3, -0.25) is 0 Å². The molecule has 0 aliphatic rings. The van der Waals surface area contributed by atoms with Crippen LogP contribution in [0.5, 0.6) is 5.75 Å². The fourth-order valence-electron chi connectivity index (χ4n) is 1.00. The van der Waals surface area contributed by atoms with Crippen molar-refractivity contribution in [3.05, 3.63) is 29.8 Å². The minimum atomic E-state index is -4.51. The van der Waals surface area contributed by atoms with Gasteiger partial charge in [-0.05, 0) is 17.7 Å². The molecule has 0 amide bonds. The van der Waals surface area contributed by atoms with Crippen molar-refractivity contribution >= 4 is 5.97 Å². The molecule has 1 atom stereocenters. The van der Waals surface area contributed by atoms with E-state index in [0.717, 1.165) is 24.3 Å². The number of rotatable bonds is 3. The quantitative estimate of drug-likeness (QED) is 0.820. The predicted molar refractivity (Wildman–Crippen MR) is 44.5 cm³/mol. The van der Waals surface area contributed by atoms with Crippen LogP contribution in [0.25, 0.3) is 0 Å². The number of carboxylic acids is 1. The summed E-state index contributed by atoms with van der Waals surface area (Å²) in [5.41, 5.74) is -0.581. The molecule has 1 unspecified atom stereocenters. The van der Waals surface area contributed by atoms with Gasteiger partial charge < -0.3 is 10.2 Å². The highest BCUT2D eigenvalue weighted by molar-refractivity contribution is 5.76. The topological polar surface area (TPSA) is 57.5 Å². The summed E-state index contributed by atoms with van der Waals surface area (Å²) in [6, 6.07) is 4.03. The predicted octanol–water partition coefficient (Wildman–Crippen LogP) is 2.12. The Morgan fingerprint density at radius 3 is 2.47 bits per heavy atom. The second kappa shape index (κ2) is 3.80. The van der Waals surface area contributed by atoms with E-state index in [2.05, 4.69) is 0 Å². The number of phenols is 1. The zero-order chi connectivity index (χ0) is 11.6. The van der Waals surface area contributed by atoms with Gasteiger partial charge in [-0.15, -0.1) is 0 Å². The number of hydrogen-bond donors (Lipinski definition) is 2. The van der Waals surface area contributed by atoms with Crippen LogP contribution in [0.3, 0.4) is 0 Å². The summed E-state index contributed by atoms with van der Waals surface area (Å²) in [5, 5.41) is 17.0. The number of carboxylic acid groups (broad SMARTS) is 1. The molecular weight excluding hydrogens is 213 g/mol. The monoisotopic (exact) mass is 220 g/mol. The van der Waals surface area contributed by atoms with E-state index < -0.39 is 29.4 Å². The molecule has 2 N–H and O–H groups in total. The van der Waals surface area contributed by atoms with Crippen LogP contribution in [0.15, 0.2) is 24.3 Å². The lowest BCUT2D eigenvalue weighted by atomic mass is 10.0. The summed E-state index contributed by atoms with van der Waals surface area (Å²) in [6.45, 7) is 0. The number of aliphatic carboxylic acids is 1. The Labute approximate surface area is 82.8 Å². The highest BCUT2D eigenvalue weighted by Gasteiger charge is 2.49. The lowest BCUT2D eigenvalue weighted by Gasteiger charge is -2.16. The fourth-order valence-corrected chi connectivity index (χ4v) is 1.00. The first-order valence-electron chi connectivity index (χ1n) is 3.90. The average Bonchev–Trinajstić information content (AvgIpc) is 2.16. The number of carbonyl (C=O) groups is 1. The highest BCUT2D eigenvalue weighted by Crippen LogP contribution is 2.35. The van der Waals surface area contributed by atoms with Crippen molar-refractivity contribution in [3.63, 3.8) is 0 Å². The molecule has 0 saturated carbocycles. The normalized spacial score (nSPS) is 13.5. The number of alkyl halides is 3. The smallest absolute Gasteiger partial charge is 0.378 e. The van der Waals surface area contributed by atoms with Gasteiger partial charge in [0.05, 0.1) is 0 Å². The molecule has 82 valence electrons. The van der Waals surface area contributed by atoms with Gasteiger partial charge in [-0.2, -0.15) is 8.78 Å². The molecule has 0 saturated heterocycles. The highest BCUT2D eigenvalue weighted by atomic mass is 19.3. The Hall–Kier alpha value is -1.72. The minimum absolute atomic E-state index is 0.406. The summed E-state index contributed by atoms with van der Waals surface area (Å²) in [7, 11) is 0. The zero-order valence-corrected chi connectivity index (χ0v) is 7.32. The van der Waals surface area contributed by atoms with Gasteiger partial charge in [0.25, 0.3) is 0 Å². The molecule has 1 rings (SSSR count). The van der Waals surface area contributed by atoms with Gasteiger partial charge >= 0.3 is 11.9 Å². The Bertz CT molecular complexity index is 379. The molecule has 0 heterocycles. The van der Waals surface area contributed by atoms with E-state index in [1.54, 1.807) is 0 Å². The van der Waals surface area contributed by atoms with Gasteiger partial charge in [-0.25, -0.2) is 9.18 Å². The maximum absolute atomic E-state index is 13.1. The largest absolute Gasteiger partial charge is 0.508 e. The molecule has 0 bridgehead atoms. The van der Waals surface area contributed by atoms with E-state index in [4.69, 9.17) is 10.2 Å². The third-order valence-electron chi connectivity index (χ3n) is 1.77. The number of hydrogen-bond acceptors (Lipinski definition) is 2. The molecule has 0 spiro atoms. The van der Waals surface area contributed by atoms with Crippen molar-refractivity contribution < 1.29 is 28.2 Å². The molecule has 0 aliphatic carbocycles. The molecule has 0 fully saturated rings. The van der Waals surface area contributed by atoms with Crippen LogP contribution in [0.1, 0.15) is 11.7 Å². The van der Waals surface area contributed by atoms with Gasteiger partial charge in [0.15, 0.2) is 6.17 Å². The van der Waals surface area contributed by atoms with Crippen LogP contribution < -0.4 is 0 Å². The summed E-state index contributed by atoms with van der Waals surface area (Å²) >= 11 is 0. The molecule has 0 aromatic heterocycles. The third-order valence-corrected chi connectivity index (χ3v) is 1.77. The molecule has 0 aliphatic heterocycles. The summed E-state index contributed by atoms with van der Waals surface area (Å²) in [5.74, 6) is -7.46. The van der Waals surface area contributed by atoms with Crippen LogP contribution in [-0.4, -0.2) is 22.1 Å². The van der Waals surface area contributed by atoms with Crippen molar-refractivity contribution in [2.75, 3.05) is 0 Å². The van der Waals surface area contributed by atoms with Crippen molar-refractivity contribution in [1.82, 2.24) is 0 Å². The Morgan fingerprint density at radius 2 is 2.00 bits per heavy atom. The number of benzene rings is 1. The van der Waals surface area contributed by atoms with E-state index in [-0.39, 0.29) is 0 Å². The van der Waals surface area contributed by atoms with E-state index in [0.29, 0.717) is 0 Å². The average molecular weight is 220 g/mol. The zero-order valence-electron chi connectivity index (χ0n) is 7.32. The molecule has 6 heteroatoms. The van der Waals surface area contributed by atoms with Gasteiger partial charge in [-0.1, -0.05) is 12.1 Å². The van der Waals surface area contributed by atoms with E-state index in [9.17, 15) is 18.0 Å². The van der Waals surface area contributed by atoms with Gasteiger partial charge in [0, 0.05) is 0 Å². The Kier molecular flexibility index (Phi) is 2.88. The van der Waals surface area contributed by atoms with E-state index in [1.165, 1.54) is 0 Å². The fraction of sp³-hybridized carbons (Fsp3) is 0.222. The number of aromatic hydroxyl groups is 1. The van der Waals surface area contributed by atoms with Crippen LogP contribution in [0.2, 0.25) is 0 Å². The molecular formula is C9H7F3O3. The first-order chi connectivity index (χ1) is 6.85. The molecule has 15 heavy (non-hydrogen) atoms. The molecule has 3 nitrogen and oxygen atoms in total. The third kappa shape index (κ3) is 2.20. The summed E-state index contributed by atoms with van der Waals surface area (Å²) in [4.78, 5) is 10.1. The van der Waals surface area contributed by atoms with Crippen LogP contribution in [-0.2, 0) is 4.79 Å². The van der Waals surface area contributed by atoms with E-state index in [1.807, 2.05) is 0 Å². The van der Waals surface area contributed by atoms with Crippen molar-refractivity contribution in [2.24, 2.45) is 0 Å².